The van der Waals surface area contributed by atoms with Crippen LogP contribution < -0.4 is 10.1 Å². The van der Waals surface area contributed by atoms with E-state index in [1.54, 1.807) is 19.2 Å². The first-order chi connectivity index (χ1) is 8.19. The van der Waals surface area contributed by atoms with E-state index in [0.717, 1.165) is 21.6 Å². The Morgan fingerprint density at radius 1 is 1.12 bits per heavy atom. The van der Waals surface area contributed by atoms with E-state index in [4.69, 9.17) is 4.74 Å². The number of nitrogens with one attached hydrogen (secondary N) is 1. The highest BCUT2D eigenvalue weighted by Gasteiger charge is 2.02. The van der Waals surface area contributed by atoms with Crippen LogP contribution in [0.4, 0.5) is 15.8 Å². The van der Waals surface area contributed by atoms with Crippen LogP contribution in [0.3, 0.4) is 0 Å². The van der Waals surface area contributed by atoms with Crippen molar-refractivity contribution in [1.29, 1.82) is 0 Å². The fourth-order valence-electron chi connectivity index (χ4n) is 1.41. The maximum absolute atomic E-state index is 12.7. The third-order valence-corrected chi connectivity index (χ3v) is 2.96. The Kier molecular flexibility index (Phi) is 3.64. The molecule has 0 aliphatic carbocycles. The maximum atomic E-state index is 12.7. The molecule has 1 N–H and O–H groups in total. The van der Waals surface area contributed by atoms with Crippen molar-refractivity contribution in [3.63, 3.8) is 0 Å². The number of methoxy groups -OCH3 is 1. The molecule has 0 saturated carbocycles. The van der Waals surface area contributed by atoms with Gasteiger partial charge in [0, 0.05) is 10.2 Å². The van der Waals surface area contributed by atoms with Gasteiger partial charge in [-0.05, 0) is 58.4 Å². The highest BCUT2D eigenvalue weighted by atomic mass is 79.9. The van der Waals surface area contributed by atoms with Crippen molar-refractivity contribution in [2.75, 3.05) is 12.4 Å². The topological polar surface area (TPSA) is 21.3 Å². The Morgan fingerprint density at radius 3 is 2.41 bits per heavy atom. The molecule has 0 amide bonds. The van der Waals surface area contributed by atoms with Crippen molar-refractivity contribution < 1.29 is 9.13 Å². The van der Waals surface area contributed by atoms with Crippen molar-refractivity contribution in [2.24, 2.45) is 0 Å². The van der Waals surface area contributed by atoms with Gasteiger partial charge in [-0.15, -0.1) is 0 Å². The van der Waals surface area contributed by atoms with Crippen LogP contribution in [0, 0.1) is 5.82 Å². The number of rotatable bonds is 3. The first-order valence-electron chi connectivity index (χ1n) is 5.05. The number of ether oxygens (including phenoxy) is 1. The standard InChI is InChI=1S/C13H11BrFNO/c1-17-11-6-7-13(12(14)8-11)16-10-4-2-9(15)3-5-10/h2-8,16H,1H3. The van der Waals surface area contributed by atoms with Gasteiger partial charge in [-0.3, -0.25) is 0 Å². The maximum Gasteiger partial charge on any atom is 0.123 e. The minimum atomic E-state index is -0.246. The molecule has 17 heavy (non-hydrogen) atoms. The predicted octanol–water partition coefficient (Wildman–Crippen LogP) is 4.34. The Balaban J connectivity index is 2.21. The molecule has 0 bridgehead atoms. The van der Waals surface area contributed by atoms with Crippen LogP contribution in [-0.4, -0.2) is 7.11 Å². The number of benzene rings is 2. The molecule has 0 spiro atoms. The lowest BCUT2D eigenvalue weighted by atomic mass is 10.2. The summed E-state index contributed by atoms with van der Waals surface area (Å²) in [5, 5.41) is 3.18. The summed E-state index contributed by atoms with van der Waals surface area (Å²) in [7, 11) is 1.62. The molecule has 0 heterocycles. The Bertz CT molecular complexity index is 513. The molecule has 0 atom stereocenters. The van der Waals surface area contributed by atoms with Crippen molar-refractivity contribution in [3.05, 3.63) is 52.8 Å². The van der Waals surface area contributed by atoms with Gasteiger partial charge >= 0.3 is 0 Å². The van der Waals surface area contributed by atoms with Gasteiger partial charge in [-0.25, -0.2) is 4.39 Å². The first kappa shape index (κ1) is 11.9. The molecule has 2 aromatic carbocycles. The third kappa shape index (κ3) is 2.97. The summed E-state index contributed by atoms with van der Waals surface area (Å²) in [6.45, 7) is 0. The molecule has 2 nitrogen and oxygen atoms in total. The zero-order valence-electron chi connectivity index (χ0n) is 9.21. The molecule has 0 unspecified atom stereocenters. The molecule has 0 fully saturated rings. The molecule has 2 aromatic rings. The fraction of sp³-hybridized carbons (Fsp3) is 0.0769. The molecule has 0 aliphatic rings. The van der Waals surface area contributed by atoms with Crippen molar-refractivity contribution in [3.8, 4) is 5.75 Å². The predicted molar refractivity (Wildman–Crippen MR) is 70.4 cm³/mol. The average Bonchev–Trinajstić information content (AvgIpc) is 2.34. The summed E-state index contributed by atoms with van der Waals surface area (Å²) in [6, 6.07) is 11.8. The average molecular weight is 296 g/mol. The van der Waals surface area contributed by atoms with E-state index in [1.807, 2.05) is 18.2 Å². The van der Waals surface area contributed by atoms with Crippen LogP contribution in [0.1, 0.15) is 0 Å². The van der Waals surface area contributed by atoms with Crippen LogP contribution in [-0.2, 0) is 0 Å². The molecular weight excluding hydrogens is 285 g/mol. The van der Waals surface area contributed by atoms with Crippen LogP contribution >= 0.6 is 15.9 Å². The molecule has 2 rings (SSSR count). The fourth-order valence-corrected chi connectivity index (χ4v) is 1.87. The third-order valence-electron chi connectivity index (χ3n) is 2.30. The Hall–Kier alpha value is -1.55. The highest BCUT2D eigenvalue weighted by Crippen LogP contribution is 2.29. The van der Waals surface area contributed by atoms with Gasteiger partial charge < -0.3 is 10.1 Å². The summed E-state index contributed by atoms with van der Waals surface area (Å²) < 4.78 is 18.7. The molecule has 4 heteroatoms. The number of halogens is 2. The lowest BCUT2D eigenvalue weighted by Gasteiger charge is -2.09. The van der Waals surface area contributed by atoms with Gasteiger partial charge in [0.25, 0.3) is 0 Å². The number of hydrogen-bond acceptors (Lipinski definition) is 2. The Labute approximate surface area is 108 Å². The first-order valence-corrected chi connectivity index (χ1v) is 5.84. The number of hydrogen-bond donors (Lipinski definition) is 1. The molecule has 0 aromatic heterocycles. The van der Waals surface area contributed by atoms with Crippen LogP contribution in [0.25, 0.3) is 0 Å². The van der Waals surface area contributed by atoms with Crippen molar-refractivity contribution in [1.82, 2.24) is 0 Å². The second-order valence-corrected chi connectivity index (χ2v) is 4.33. The van der Waals surface area contributed by atoms with Crippen molar-refractivity contribution >= 4 is 27.3 Å². The van der Waals surface area contributed by atoms with E-state index in [0.29, 0.717) is 0 Å². The van der Waals surface area contributed by atoms with E-state index in [1.165, 1.54) is 12.1 Å². The largest absolute Gasteiger partial charge is 0.497 e. The smallest absolute Gasteiger partial charge is 0.123 e. The van der Waals surface area contributed by atoms with Gasteiger partial charge in [-0.2, -0.15) is 0 Å². The Morgan fingerprint density at radius 2 is 1.82 bits per heavy atom. The molecule has 0 saturated heterocycles. The molecule has 0 radical (unpaired) electrons. The van der Waals surface area contributed by atoms with Crippen LogP contribution in [0.15, 0.2) is 46.9 Å². The normalized spacial score (nSPS) is 10.1. The van der Waals surface area contributed by atoms with Crippen LogP contribution in [0.5, 0.6) is 5.75 Å². The van der Waals surface area contributed by atoms with Gasteiger partial charge in [0.15, 0.2) is 0 Å². The minimum absolute atomic E-state index is 0.246. The molecule has 0 aliphatic heterocycles. The van der Waals surface area contributed by atoms with Crippen molar-refractivity contribution in [2.45, 2.75) is 0 Å². The summed E-state index contributed by atoms with van der Waals surface area (Å²) in [6.07, 6.45) is 0. The van der Waals surface area contributed by atoms with Gasteiger partial charge in [-0.1, -0.05) is 0 Å². The summed E-state index contributed by atoms with van der Waals surface area (Å²) in [4.78, 5) is 0. The molecule has 88 valence electrons. The second kappa shape index (κ2) is 5.19. The quantitative estimate of drug-likeness (QED) is 0.909. The van der Waals surface area contributed by atoms with E-state index in [9.17, 15) is 4.39 Å². The SMILES string of the molecule is COc1ccc(Nc2ccc(F)cc2)c(Br)c1. The summed E-state index contributed by atoms with van der Waals surface area (Å²) in [5.41, 5.74) is 1.73. The monoisotopic (exact) mass is 295 g/mol. The van der Waals surface area contributed by atoms with Gasteiger partial charge in [0.1, 0.15) is 11.6 Å². The minimum Gasteiger partial charge on any atom is -0.497 e. The van der Waals surface area contributed by atoms with Crippen LogP contribution in [0.2, 0.25) is 0 Å². The number of anilines is 2. The lowest BCUT2D eigenvalue weighted by Crippen LogP contribution is -1.92. The van der Waals surface area contributed by atoms with E-state index in [2.05, 4.69) is 21.2 Å². The van der Waals surface area contributed by atoms with E-state index in [-0.39, 0.29) is 5.82 Å². The van der Waals surface area contributed by atoms with Gasteiger partial charge in [0.2, 0.25) is 0 Å². The molecular formula is C13H11BrFNO. The lowest BCUT2D eigenvalue weighted by molar-refractivity contribution is 0.414. The zero-order chi connectivity index (χ0) is 12.3. The highest BCUT2D eigenvalue weighted by molar-refractivity contribution is 9.10. The second-order valence-electron chi connectivity index (χ2n) is 3.48. The summed E-state index contributed by atoms with van der Waals surface area (Å²) in [5.74, 6) is 0.533. The van der Waals surface area contributed by atoms with E-state index >= 15 is 0 Å². The summed E-state index contributed by atoms with van der Waals surface area (Å²) >= 11 is 3.44. The zero-order valence-corrected chi connectivity index (χ0v) is 10.8. The van der Waals surface area contributed by atoms with E-state index < -0.39 is 0 Å². The van der Waals surface area contributed by atoms with Gasteiger partial charge in [0.05, 0.1) is 12.8 Å².